The highest BCUT2D eigenvalue weighted by molar-refractivity contribution is 6.32. The summed E-state index contributed by atoms with van der Waals surface area (Å²) >= 11 is 0. The molecule has 1 aromatic carbocycles. The zero-order valence-electron chi connectivity index (χ0n) is 9.19. The third-order valence-electron chi connectivity index (χ3n) is 2.26. The minimum atomic E-state index is -0.911. The summed E-state index contributed by atoms with van der Waals surface area (Å²) in [6.45, 7) is 0.428. The summed E-state index contributed by atoms with van der Waals surface area (Å²) in [7, 11) is 1.16. The van der Waals surface area contributed by atoms with Gasteiger partial charge in [-0.3, -0.25) is 4.79 Å². The maximum Gasteiger partial charge on any atom is 0.396 e. The molecule has 1 heterocycles. The van der Waals surface area contributed by atoms with Crippen LogP contribution >= 0.6 is 0 Å². The number of methoxy groups -OCH3 is 1. The number of carbonyl (C=O) groups excluding carboxylic acids is 2. The number of nitrogens with one attached hydrogen (secondary N) is 1. The highest BCUT2D eigenvalue weighted by atomic mass is 16.7. The standard InChI is InChI=1S/C11H11NO5/c1-15-11(14)10(13)12-5-7-2-3-8-9(4-7)17-6-16-8/h2-4H,5-6H2,1H3,(H,12,13). The number of rotatable bonds is 2. The van der Waals surface area contributed by atoms with E-state index in [1.54, 1.807) is 18.2 Å². The van der Waals surface area contributed by atoms with E-state index >= 15 is 0 Å². The van der Waals surface area contributed by atoms with E-state index in [4.69, 9.17) is 9.47 Å². The van der Waals surface area contributed by atoms with Gasteiger partial charge in [-0.25, -0.2) is 4.79 Å². The molecule has 0 radical (unpaired) electrons. The van der Waals surface area contributed by atoms with Gasteiger partial charge >= 0.3 is 11.9 Å². The zero-order chi connectivity index (χ0) is 12.3. The molecule has 0 saturated carbocycles. The van der Waals surface area contributed by atoms with E-state index in [0.29, 0.717) is 11.5 Å². The Hall–Kier alpha value is -2.24. The highest BCUT2D eigenvalue weighted by Crippen LogP contribution is 2.32. The number of benzene rings is 1. The summed E-state index contributed by atoms with van der Waals surface area (Å²) < 4.78 is 14.6. The molecule has 1 aliphatic heterocycles. The number of hydrogen-bond acceptors (Lipinski definition) is 5. The van der Waals surface area contributed by atoms with Gasteiger partial charge in [-0.05, 0) is 17.7 Å². The van der Waals surface area contributed by atoms with E-state index in [2.05, 4.69) is 10.1 Å². The van der Waals surface area contributed by atoms with E-state index in [1.807, 2.05) is 0 Å². The van der Waals surface area contributed by atoms with Gasteiger partial charge in [0.15, 0.2) is 11.5 Å². The first-order valence-electron chi connectivity index (χ1n) is 4.95. The van der Waals surface area contributed by atoms with Crippen molar-refractivity contribution in [3.63, 3.8) is 0 Å². The van der Waals surface area contributed by atoms with E-state index in [-0.39, 0.29) is 13.3 Å². The number of esters is 1. The summed E-state index contributed by atoms with van der Waals surface area (Å²) in [4.78, 5) is 22.0. The predicted molar refractivity (Wildman–Crippen MR) is 56.4 cm³/mol. The molecule has 0 aliphatic carbocycles. The van der Waals surface area contributed by atoms with Crippen LogP contribution in [-0.2, 0) is 20.9 Å². The second kappa shape index (κ2) is 4.73. The normalized spacial score (nSPS) is 12.1. The monoisotopic (exact) mass is 237 g/mol. The van der Waals surface area contributed by atoms with Crippen molar-refractivity contribution in [2.75, 3.05) is 13.9 Å². The molecule has 0 aromatic heterocycles. The Kier molecular flexibility index (Phi) is 3.13. The minimum absolute atomic E-state index is 0.202. The van der Waals surface area contributed by atoms with E-state index < -0.39 is 11.9 Å². The molecule has 6 heteroatoms. The molecule has 0 atom stereocenters. The number of ether oxygens (including phenoxy) is 3. The lowest BCUT2D eigenvalue weighted by atomic mass is 10.2. The Morgan fingerprint density at radius 2 is 2.12 bits per heavy atom. The second-order valence-corrected chi connectivity index (χ2v) is 3.36. The lowest BCUT2D eigenvalue weighted by Crippen LogP contribution is -2.31. The average molecular weight is 237 g/mol. The van der Waals surface area contributed by atoms with Crippen LogP contribution in [0.25, 0.3) is 0 Å². The van der Waals surface area contributed by atoms with Crippen LogP contribution in [0.1, 0.15) is 5.56 Å². The van der Waals surface area contributed by atoms with Crippen molar-refractivity contribution in [2.45, 2.75) is 6.54 Å². The van der Waals surface area contributed by atoms with Crippen molar-refractivity contribution in [3.05, 3.63) is 23.8 Å². The van der Waals surface area contributed by atoms with Crippen molar-refractivity contribution in [2.24, 2.45) is 0 Å². The van der Waals surface area contributed by atoms with E-state index in [0.717, 1.165) is 12.7 Å². The average Bonchev–Trinajstić information content (AvgIpc) is 2.82. The van der Waals surface area contributed by atoms with Crippen LogP contribution in [0.5, 0.6) is 11.5 Å². The minimum Gasteiger partial charge on any atom is -0.462 e. The van der Waals surface area contributed by atoms with Crippen molar-refractivity contribution in [1.29, 1.82) is 0 Å². The van der Waals surface area contributed by atoms with Crippen LogP contribution in [0.2, 0.25) is 0 Å². The lowest BCUT2D eigenvalue weighted by molar-refractivity contribution is -0.152. The van der Waals surface area contributed by atoms with Gasteiger partial charge in [-0.1, -0.05) is 6.07 Å². The van der Waals surface area contributed by atoms with Gasteiger partial charge in [0.2, 0.25) is 6.79 Å². The first kappa shape index (κ1) is 11.3. The van der Waals surface area contributed by atoms with Gasteiger partial charge in [0.05, 0.1) is 7.11 Å². The van der Waals surface area contributed by atoms with Crippen LogP contribution < -0.4 is 14.8 Å². The maximum absolute atomic E-state index is 11.1. The van der Waals surface area contributed by atoms with Crippen LogP contribution in [0.15, 0.2) is 18.2 Å². The molecular weight excluding hydrogens is 226 g/mol. The summed E-state index contributed by atoms with van der Waals surface area (Å²) in [5.41, 5.74) is 0.812. The van der Waals surface area contributed by atoms with Gasteiger partial charge in [0, 0.05) is 6.54 Å². The summed E-state index contributed by atoms with van der Waals surface area (Å²) in [6.07, 6.45) is 0. The first-order chi connectivity index (χ1) is 8.20. The van der Waals surface area contributed by atoms with Crippen LogP contribution in [-0.4, -0.2) is 25.8 Å². The Bertz CT molecular complexity index is 457. The van der Waals surface area contributed by atoms with Crippen molar-refractivity contribution in [1.82, 2.24) is 5.32 Å². The molecule has 2 rings (SSSR count). The molecule has 6 nitrogen and oxygen atoms in total. The molecule has 1 aliphatic rings. The summed E-state index contributed by atoms with van der Waals surface area (Å²) in [5.74, 6) is -0.376. The fourth-order valence-corrected chi connectivity index (χ4v) is 1.40. The van der Waals surface area contributed by atoms with Gasteiger partial charge in [-0.2, -0.15) is 0 Å². The van der Waals surface area contributed by atoms with Gasteiger partial charge in [0.25, 0.3) is 0 Å². The number of carbonyl (C=O) groups is 2. The Balaban J connectivity index is 1.96. The molecule has 1 amide bonds. The van der Waals surface area contributed by atoms with Crippen LogP contribution in [0.3, 0.4) is 0 Å². The molecule has 0 spiro atoms. The topological polar surface area (TPSA) is 73.9 Å². The fourth-order valence-electron chi connectivity index (χ4n) is 1.40. The number of amides is 1. The molecule has 0 saturated heterocycles. The smallest absolute Gasteiger partial charge is 0.396 e. The maximum atomic E-state index is 11.1. The Labute approximate surface area is 97.5 Å². The SMILES string of the molecule is COC(=O)C(=O)NCc1ccc2c(c1)OCO2. The zero-order valence-corrected chi connectivity index (χ0v) is 9.19. The third kappa shape index (κ3) is 2.47. The molecule has 0 fully saturated rings. The highest BCUT2D eigenvalue weighted by Gasteiger charge is 2.15. The van der Waals surface area contributed by atoms with Crippen molar-refractivity contribution in [3.8, 4) is 11.5 Å². The van der Waals surface area contributed by atoms with Crippen molar-refractivity contribution < 1.29 is 23.8 Å². The largest absolute Gasteiger partial charge is 0.462 e. The molecule has 1 aromatic rings. The van der Waals surface area contributed by atoms with Crippen LogP contribution in [0.4, 0.5) is 0 Å². The number of hydrogen-bond donors (Lipinski definition) is 1. The Morgan fingerprint density at radius 1 is 1.35 bits per heavy atom. The van der Waals surface area contributed by atoms with Crippen LogP contribution in [0, 0.1) is 0 Å². The molecule has 90 valence electrons. The van der Waals surface area contributed by atoms with Gasteiger partial charge in [-0.15, -0.1) is 0 Å². The molecular formula is C11H11NO5. The number of fused-ring (bicyclic) bond motifs is 1. The van der Waals surface area contributed by atoms with Gasteiger partial charge < -0.3 is 19.5 Å². The quantitative estimate of drug-likeness (QED) is 0.587. The molecule has 17 heavy (non-hydrogen) atoms. The van der Waals surface area contributed by atoms with E-state index in [9.17, 15) is 9.59 Å². The van der Waals surface area contributed by atoms with Gasteiger partial charge in [0.1, 0.15) is 0 Å². The van der Waals surface area contributed by atoms with Crippen molar-refractivity contribution >= 4 is 11.9 Å². The second-order valence-electron chi connectivity index (χ2n) is 3.36. The predicted octanol–water partition coefficient (Wildman–Crippen LogP) is 0.204. The first-order valence-corrected chi connectivity index (χ1v) is 4.95. The summed E-state index contributed by atoms with van der Waals surface area (Å²) in [6, 6.07) is 5.28. The fraction of sp³-hybridized carbons (Fsp3) is 0.273. The lowest BCUT2D eigenvalue weighted by Gasteiger charge is -2.04. The Morgan fingerprint density at radius 3 is 2.88 bits per heavy atom. The third-order valence-corrected chi connectivity index (χ3v) is 2.26. The molecule has 0 bridgehead atoms. The molecule has 0 unspecified atom stereocenters. The summed E-state index contributed by atoms with van der Waals surface area (Å²) in [5, 5.41) is 2.43. The van der Waals surface area contributed by atoms with E-state index in [1.165, 1.54) is 0 Å². The molecule has 1 N–H and O–H groups in total.